The van der Waals surface area contributed by atoms with E-state index in [1.165, 1.54) is 5.69 Å². The zero-order valence-corrected chi connectivity index (χ0v) is 22.1. The molecule has 0 saturated carbocycles. The number of aromatic amines is 1. The molecule has 1 aromatic heterocycles. The number of imidazole rings is 1. The molecule has 178 valence electrons. The predicted octanol–water partition coefficient (Wildman–Crippen LogP) is 8.53. The van der Waals surface area contributed by atoms with Gasteiger partial charge in [0.2, 0.25) is 0 Å². The van der Waals surface area contributed by atoms with Crippen LogP contribution >= 0.6 is 23.2 Å². The molecule has 0 unspecified atom stereocenters. The van der Waals surface area contributed by atoms with Gasteiger partial charge in [0, 0.05) is 28.4 Å². The first-order valence-electron chi connectivity index (χ1n) is 11.8. The Morgan fingerprint density at radius 2 is 1.54 bits per heavy atom. The molecule has 5 heteroatoms. The molecule has 0 aliphatic rings. The quantitative estimate of drug-likeness (QED) is 0.253. The van der Waals surface area contributed by atoms with Crippen LogP contribution in [0.25, 0.3) is 5.57 Å². The van der Waals surface area contributed by atoms with Crippen molar-refractivity contribution in [2.75, 3.05) is 0 Å². The number of aromatic nitrogens is 2. The lowest BCUT2D eigenvalue weighted by atomic mass is 9.85. The Balaban J connectivity index is 0.000000203. The largest absolute Gasteiger partial charge is 0.346 e. The zero-order valence-electron chi connectivity index (χ0n) is 20.6. The Kier molecular flexibility index (Phi) is 9.83. The zero-order chi connectivity index (χ0) is 25.3. The second kappa shape index (κ2) is 12.8. The molecule has 2 nitrogen and oxygen atoms in total. The summed E-state index contributed by atoms with van der Waals surface area (Å²) in [6.45, 7) is 6.75. The second-order valence-corrected chi connectivity index (χ2v) is 10.1. The van der Waals surface area contributed by atoms with Crippen molar-refractivity contribution in [3.63, 3.8) is 0 Å². The van der Waals surface area contributed by atoms with Gasteiger partial charge < -0.3 is 4.98 Å². The van der Waals surface area contributed by atoms with Crippen LogP contribution in [0, 0.1) is 5.41 Å². The second-order valence-electron chi connectivity index (χ2n) is 9.27. The van der Waals surface area contributed by atoms with Crippen LogP contribution in [0.15, 0.2) is 91.0 Å². The van der Waals surface area contributed by atoms with Crippen molar-refractivity contribution >= 4 is 36.6 Å². The Bertz CT molecular complexity index is 1190. The van der Waals surface area contributed by atoms with Crippen LogP contribution in [0.4, 0.5) is 0 Å². The van der Waals surface area contributed by atoms with Gasteiger partial charge in [0.25, 0.3) is 0 Å². The molecule has 0 spiro atoms. The monoisotopic (exact) mass is 500 g/mol. The Hall–Kier alpha value is -2.75. The van der Waals surface area contributed by atoms with E-state index in [9.17, 15) is 0 Å². The molecule has 3 aromatic carbocycles. The average molecular weight is 501 g/mol. The highest BCUT2D eigenvalue weighted by atomic mass is 35.5. The van der Waals surface area contributed by atoms with Crippen LogP contribution < -0.4 is 0 Å². The Morgan fingerprint density at radius 1 is 0.943 bits per heavy atom. The maximum atomic E-state index is 6.19. The summed E-state index contributed by atoms with van der Waals surface area (Å²) in [6.07, 6.45) is 4.77. The van der Waals surface area contributed by atoms with Gasteiger partial charge in [0.1, 0.15) is 13.7 Å². The highest BCUT2D eigenvalue weighted by Crippen LogP contribution is 2.26. The van der Waals surface area contributed by atoms with E-state index >= 15 is 0 Å². The molecule has 0 atom stereocenters. The van der Waals surface area contributed by atoms with Crippen molar-refractivity contribution in [2.24, 2.45) is 5.41 Å². The third-order valence-electron chi connectivity index (χ3n) is 6.02. The van der Waals surface area contributed by atoms with E-state index in [4.69, 9.17) is 31.0 Å². The topological polar surface area (TPSA) is 28.7 Å². The first kappa shape index (κ1) is 26.9. The van der Waals surface area contributed by atoms with Crippen LogP contribution in [-0.2, 0) is 12.8 Å². The SMILES string of the molecule is CCC(C)(C)Cc1cnc(Cc2ccc(Cl)cc2Cl)[nH]1.[B]C=C(c1ccccc1)c1ccccc1. The smallest absolute Gasteiger partial charge is 0.110 e. The summed E-state index contributed by atoms with van der Waals surface area (Å²) in [5.41, 5.74) is 5.86. The van der Waals surface area contributed by atoms with Gasteiger partial charge in [-0.15, -0.1) is 5.98 Å². The number of nitrogens with zero attached hydrogens (tertiary/aromatic N) is 1. The van der Waals surface area contributed by atoms with Crippen molar-refractivity contribution in [3.05, 3.63) is 129 Å². The van der Waals surface area contributed by atoms with E-state index in [2.05, 4.69) is 55.0 Å². The van der Waals surface area contributed by atoms with Gasteiger partial charge in [0.15, 0.2) is 0 Å². The first-order chi connectivity index (χ1) is 16.8. The van der Waals surface area contributed by atoms with Gasteiger partial charge in [-0.1, -0.05) is 117 Å². The third-order valence-corrected chi connectivity index (χ3v) is 6.60. The summed E-state index contributed by atoms with van der Waals surface area (Å²) < 4.78 is 0. The van der Waals surface area contributed by atoms with Crippen LogP contribution in [0.1, 0.15) is 55.4 Å². The van der Waals surface area contributed by atoms with E-state index < -0.39 is 0 Å². The van der Waals surface area contributed by atoms with Gasteiger partial charge in [-0.2, -0.15) is 0 Å². The van der Waals surface area contributed by atoms with Crippen molar-refractivity contribution < 1.29 is 0 Å². The molecular weight excluding hydrogens is 470 g/mol. The summed E-state index contributed by atoms with van der Waals surface area (Å²) in [4.78, 5) is 7.84. The molecule has 0 amide bonds. The van der Waals surface area contributed by atoms with Gasteiger partial charge in [-0.25, -0.2) is 4.98 Å². The van der Waals surface area contributed by atoms with Crippen molar-refractivity contribution in [1.29, 1.82) is 0 Å². The van der Waals surface area contributed by atoms with E-state index in [1.807, 2.05) is 54.7 Å². The van der Waals surface area contributed by atoms with Crippen LogP contribution in [0.2, 0.25) is 10.0 Å². The number of hydrogen-bond acceptors (Lipinski definition) is 1. The minimum atomic E-state index is 0.293. The van der Waals surface area contributed by atoms with Crippen molar-refractivity contribution in [2.45, 2.75) is 40.0 Å². The molecule has 1 N–H and O–H groups in total. The number of H-pyrrole nitrogens is 1. The standard InChI is InChI=1S/C16H20Cl2N2.C14H11B/c1-4-16(2,3)9-13-10-19-15(20-13)7-11-5-6-12(17)8-14(11)18;15-11-14(12-7-3-1-4-8-12)13-9-5-2-6-10-13/h5-6,8,10H,4,7,9H2,1-3H3,(H,19,20);1-11H. The van der Waals surface area contributed by atoms with E-state index in [1.54, 1.807) is 12.0 Å². The van der Waals surface area contributed by atoms with Gasteiger partial charge in [-0.3, -0.25) is 0 Å². The maximum absolute atomic E-state index is 6.19. The summed E-state index contributed by atoms with van der Waals surface area (Å²) in [5, 5.41) is 1.34. The maximum Gasteiger partial charge on any atom is 0.110 e. The predicted molar refractivity (Wildman–Crippen MR) is 151 cm³/mol. The molecule has 0 saturated heterocycles. The molecule has 1 heterocycles. The van der Waals surface area contributed by atoms with Crippen molar-refractivity contribution in [3.8, 4) is 0 Å². The molecule has 0 fully saturated rings. The van der Waals surface area contributed by atoms with Gasteiger partial charge in [0.05, 0.1) is 0 Å². The molecule has 0 bridgehead atoms. The van der Waals surface area contributed by atoms with Crippen LogP contribution in [0.5, 0.6) is 0 Å². The fourth-order valence-corrected chi connectivity index (χ4v) is 4.14. The lowest BCUT2D eigenvalue weighted by Gasteiger charge is -2.21. The lowest BCUT2D eigenvalue weighted by Crippen LogP contribution is -2.13. The summed E-state index contributed by atoms with van der Waals surface area (Å²) >= 11 is 12.1. The summed E-state index contributed by atoms with van der Waals surface area (Å²) in [5.74, 6) is 2.60. The first-order valence-corrected chi connectivity index (χ1v) is 12.6. The van der Waals surface area contributed by atoms with Crippen LogP contribution in [-0.4, -0.2) is 17.8 Å². The highest BCUT2D eigenvalue weighted by molar-refractivity contribution is 6.35. The minimum absolute atomic E-state index is 0.293. The number of rotatable bonds is 7. The molecule has 4 rings (SSSR count). The number of halogens is 2. The Labute approximate surface area is 220 Å². The average Bonchev–Trinajstić information content (AvgIpc) is 3.29. The van der Waals surface area contributed by atoms with Gasteiger partial charge in [-0.05, 0) is 46.2 Å². The Morgan fingerprint density at radius 3 is 2.06 bits per heavy atom. The molecular formula is C30H31BCl2N2. The summed E-state index contributed by atoms with van der Waals surface area (Å²) in [7, 11) is 5.67. The van der Waals surface area contributed by atoms with E-state index in [-0.39, 0.29) is 0 Å². The van der Waals surface area contributed by atoms with E-state index in [0.29, 0.717) is 21.9 Å². The van der Waals surface area contributed by atoms with Crippen LogP contribution in [0.3, 0.4) is 0 Å². The van der Waals surface area contributed by atoms with Gasteiger partial charge >= 0.3 is 0 Å². The normalized spacial score (nSPS) is 10.9. The fraction of sp³-hybridized carbons (Fsp3) is 0.233. The third kappa shape index (κ3) is 8.16. The molecule has 4 aromatic rings. The number of nitrogens with one attached hydrogen (secondary N) is 1. The van der Waals surface area contributed by atoms with E-state index in [0.717, 1.165) is 40.9 Å². The summed E-state index contributed by atoms with van der Waals surface area (Å²) in [6, 6.07) is 25.9. The highest BCUT2D eigenvalue weighted by Gasteiger charge is 2.17. The number of benzene rings is 3. The molecule has 2 radical (unpaired) electrons. The lowest BCUT2D eigenvalue weighted by molar-refractivity contribution is 0.346. The fourth-order valence-electron chi connectivity index (χ4n) is 3.67. The molecule has 35 heavy (non-hydrogen) atoms. The number of hydrogen-bond donors (Lipinski definition) is 1. The molecule has 0 aliphatic heterocycles. The molecule has 0 aliphatic carbocycles. The minimum Gasteiger partial charge on any atom is -0.346 e. The van der Waals surface area contributed by atoms with Crippen molar-refractivity contribution in [1.82, 2.24) is 9.97 Å².